The molecule has 2 rings (SSSR count). The predicted molar refractivity (Wildman–Crippen MR) is 118 cm³/mol. The third-order valence-electron chi connectivity index (χ3n) is 4.34. The monoisotopic (exact) mass is 431 g/mol. The molecule has 2 aromatic rings. The molecule has 0 fully saturated rings. The van der Waals surface area contributed by atoms with Crippen LogP contribution in [0, 0.1) is 13.8 Å². The van der Waals surface area contributed by atoms with E-state index in [2.05, 4.69) is 86.6 Å². The van der Waals surface area contributed by atoms with Gasteiger partial charge in [0, 0.05) is 0 Å². The summed E-state index contributed by atoms with van der Waals surface area (Å²) < 4.78 is 0. The largest absolute Gasteiger partial charge is 3.00 e. The molecule has 0 saturated carbocycles. The summed E-state index contributed by atoms with van der Waals surface area (Å²) in [4.78, 5) is 0. The van der Waals surface area contributed by atoms with Crippen LogP contribution in [-0.4, -0.2) is 0 Å². The maximum Gasteiger partial charge on any atom is 3.00 e. The van der Waals surface area contributed by atoms with E-state index in [0.29, 0.717) is 11.8 Å². The van der Waals surface area contributed by atoms with Crippen LogP contribution in [0.4, 0.5) is 0 Å². The number of unbranched alkanes of at least 4 members (excludes halogenated alkanes) is 2. The van der Waals surface area contributed by atoms with Crippen molar-refractivity contribution in [3.8, 4) is 0 Å². The van der Waals surface area contributed by atoms with Gasteiger partial charge in [0.1, 0.15) is 0 Å². The van der Waals surface area contributed by atoms with Crippen molar-refractivity contribution in [1.29, 1.82) is 0 Å². The van der Waals surface area contributed by atoms with Gasteiger partial charge in [-0.25, -0.2) is 0 Å². The first kappa shape index (κ1) is 27.9. The summed E-state index contributed by atoms with van der Waals surface area (Å²) in [6.07, 6.45) is 5.68. The van der Waals surface area contributed by atoms with Crippen LogP contribution < -0.4 is 0 Å². The molecule has 0 unspecified atom stereocenters. The molecule has 0 aliphatic heterocycles. The van der Waals surface area contributed by atoms with Crippen molar-refractivity contribution in [3.63, 3.8) is 0 Å². The van der Waals surface area contributed by atoms with Crippen molar-refractivity contribution in [1.82, 2.24) is 0 Å². The fourth-order valence-electron chi connectivity index (χ4n) is 2.45. The topological polar surface area (TPSA) is 0 Å². The summed E-state index contributed by atoms with van der Waals surface area (Å²) >= 11 is 0. The first-order valence-corrected chi connectivity index (χ1v) is 10.2. The fourth-order valence-corrected chi connectivity index (χ4v) is 2.45. The normalized spacial score (nSPS) is 10.1. The van der Waals surface area contributed by atoms with Crippen molar-refractivity contribution in [2.24, 2.45) is 0 Å². The third kappa shape index (κ3) is 9.59. The first-order chi connectivity index (χ1) is 11.9. The number of benzene rings is 1. The molecule has 26 heavy (non-hydrogen) atoms. The van der Waals surface area contributed by atoms with Gasteiger partial charge in [0.05, 0.1) is 0 Å². The Kier molecular flexibility index (Phi) is 16.9. The van der Waals surface area contributed by atoms with Gasteiger partial charge >= 0.3 is 26.2 Å². The van der Waals surface area contributed by atoms with E-state index in [9.17, 15) is 0 Å². The van der Waals surface area contributed by atoms with E-state index < -0.39 is 0 Å². The van der Waals surface area contributed by atoms with Crippen LogP contribution in [0.1, 0.15) is 103 Å². The fraction of sp³-hybridized carbons (Fsp3) is 0.560. The molecule has 0 amide bonds. The molecule has 1 heteroatoms. The molecular weight excluding hydrogens is 391 g/mol. The second-order valence-electron chi connectivity index (χ2n) is 7.35. The Morgan fingerprint density at radius 1 is 0.846 bits per heavy atom. The van der Waals surface area contributed by atoms with E-state index in [-0.39, 0.29) is 26.2 Å². The van der Waals surface area contributed by atoms with Gasteiger partial charge in [0.15, 0.2) is 0 Å². The molecule has 0 N–H and O–H groups in total. The standard InChI is InChI=1S/C17H23.2C4H9.Zr/c1-6-13-7-15-9-14(11(2)3)10-16(12(4)5)17(15)8-13;2*1-3-4-2;/h7-12H,6H2,1-5H3;2*1,3-4H2,2H3;/q3*-1;+3. The molecule has 0 heterocycles. The summed E-state index contributed by atoms with van der Waals surface area (Å²) in [5.74, 6) is 1.21. The maximum absolute atomic E-state index is 3.60. The van der Waals surface area contributed by atoms with Crippen molar-refractivity contribution < 1.29 is 26.2 Å². The van der Waals surface area contributed by atoms with Crippen LogP contribution in [0.5, 0.6) is 0 Å². The summed E-state index contributed by atoms with van der Waals surface area (Å²) in [7, 11) is 0. The first-order valence-electron chi connectivity index (χ1n) is 10.2. The zero-order valence-electron chi connectivity index (χ0n) is 18.4. The minimum Gasteiger partial charge on any atom is -0.343 e. The van der Waals surface area contributed by atoms with Crippen LogP contribution >= 0.6 is 0 Å². The Balaban J connectivity index is 0. The van der Waals surface area contributed by atoms with Crippen molar-refractivity contribution >= 4 is 10.8 Å². The summed E-state index contributed by atoms with van der Waals surface area (Å²) in [6, 6.07) is 9.49. The second-order valence-corrected chi connectivity index (χ2v) is 7.35. The molecule has 0 spiro atoms. The van der Waals surface area contributed by atoms with Crippen molar-refractivity contribution in [2.45, 2.75) is 92.4 Å². The Morgan fingerprint density at radius 2 is 1.35 bits per heavy atom. The average molecular weight is 433 g/mol. The molecule has 0 atom stereocenters. The van der Waals surface area contributed by atoms with Gasteiger partial charge in [-0.15, -0.1) is 28.5 Å². The predicted octanol–water partition coefficient (Wildman–Crippen LogP) is 8.61. The summed E-state index contributed by atoms with van der Waals surface area (Å²) in [5, 5.41) is 2.89. The number of hydrogen-bond donors (Lipinski definition) is 0. The maximum atomic E-state index is 3.60. The van der Waals surface area contributed by atoms with Gasteiger partial charge in [-0.1, -0.05) is 78.5 Å². The molecule has 2 aromatic carbocycles. The second kappa shape index (κ2) is 15.7. The van der Waals surface area contributed by atoms with E-state index >= 15 is 0 Å². The van der Waals surface area contributed by atoms with Crippen LogP contribution in [0.15, 0.2) is 24.3 Å². The number of rotatable bonds is 5. The Morgan fingerprint density at radius 3 is 1.69 bits per heavy atom. The average Bonchev–Trinajstić information content (AvgIpc) is 3.04. The van der Waals surface area contributed by atoms with E-state index in [4.69, 9.17) is 0 Å². The van der Waals surface area contributed by atoms with Gasteiger partial charge in [-0.3, -0.25) is 0 Å². The quantitative estimate of drug-likeness (QED) is 0.415. The molecule has 0 bridgehead atoms. The zero-order chi connectivity index (χ0) is 19.4. The van der Waals surface area contributed by atoms with Gasteiger partial charge in [-0.2, -0.15) is 18.9 Å². The number of aryl methyl sites for hydroxylation is 1. The summed E-state index contributed by atoms with van der Waals surface area (Å²) in [6.45, 7) is 22.8. The zero-order valence-corrected chi connectivity index (χ0v) is 20.9. The Bertz CT molecular complexity index is 567. The van der Waals surface area contributed by atoms with E-state index in [1.54, 1.807) is 0 Å². The van der Waals surface area contributed by atoms with E-state index in [0.717, 1.165) is 19.3 Å². The molecule has 0 nitrogen and oxygen atoms in total. The van der Waals surface area contributed by atoms with Crippen molar-refractivity contribution in [3.05, 3.63) is 54.8 Å². The molecule has 0 aliphatic rings. The van der Waals surface area contributed by atoms with Crippen LogP contribution in [0.3, 0.4) is 0 Å². The third-order valence-corrected chi connectivity index (χ3v) is 4.34. The van der Waals surface area contributed by atoms with Gasteiger partial charge in [0.25, 0.3) is 0 Å². The molecule has 0 saturated heterocycles. The number of hydrogen-bond acceptors (Lipinski definition) is 0. The molecule has 0 aromatic heterocycles. The Hall–Kier alpha value is -0.287. The molecule has 1 radical (unpaired) electrons. The molecular formula is C25H41Zr. The van der Waals surface area contributed by atoms with Gasteiger partial charge < -0.3 is 13.8 Å². The Labute approximate surface area is 183 Å². The van der Waals surface area contributed by atoms with Crippen molar-refractivity contribution in [2.75, 3.05) is 0 Å². The number of fused-ring (bicyclic) bond motifs is 1. The smallest absolute Gasteiger partial charge is 0.343 e. The van der Waals surface area contributed by atoms with Crippen LogP contribution in [0.25, 0.3) is 10.8 Å². The molecule has 0 aliphatic carbocycles. The molecule has 145 valence electrons. The minimum absolute atomic E-state index is 0. The van der Waals surface area contributed by atoms with E-state index in [1.807, 2.05) is 0 Å². The minimum atomic E-state index is 0. The SMILES string of the molecule is CCc1cc2c(C(C)C)cc(C(C)C)cc2[cH-]1.[CH2-]CCC.[CH2-]CCC.[Zr+3]. The summed E-state index contributed by atoms with van der Waals surface area (Å²) in [5.41, 5.74) is 4.43. The van der Waals surface area contributed by atoms with Gasteiger partial charge in [-0.05, 0) is 18.3 Å². The van der Waals surface area contributed by atoms with Gasteiger partial charge in [0.2, 0.25) is 0 Å². The van der Waals surface area contributed by atoms with Crippen LogP contribution in [0.2, 0.25) is 0 Å². The van der Waals surface area contributed by atoms with Crippen LogP contribution in [-0.2, 0) is 32.6 Å². The van der Waals surface area contributed by atoms with E-state index in [1.165, 1.54) is 40.3 Å².